The molecule has 4 heteroatoms. The van der Waals surface area contributed by atoms with Gasteiger partial charge in [-0.1, -0.05) is 19.9 Å². The van der Waals surface area contributed by atoms with Gasteiger partial charge in [0.25, 0.3) is 0 Å². The quantitative estimate of drug-likeness (QED) is 0.767. The molecule has 0 atom stereocenters. The lowest BCUT2D eigenvalue weighted by atomic mass is 9.84. The molecule has 0 unspecified atom stereocenters. The van der Waals surface area contributed by atoms with Crippen LogP contribution in [-0.2, 0) is 5.41 Å². The first-order chi connectivity index (χ1) is 9.05. The van der Waals surface area contributed by atoms with Crippen LogP contribution >= 0.6 is 0 Å². The smallest absolute Gasteiger partial charge is 0.161 e. The van der Waals surface area contributed by atoms with Crippen molar-refractivity contribution in [3.63, 3.8) is 0 Å². The van der Waals surface area contributed by atoms with Gasteiger partial charge >= 0.3 is 0 Å². The number of rotatable bonds is 7. The minimum atomic E-state index is -0.0327. The number of nitrogens with one attached hydrogen (secondary N) is 1. The summed E-state index contributed by atoms with van der Waals surface area (Å²) in [5, 5.41) is 11.8. The van der Waals surface area contributed by atoms with Gasteiger partial charge in [-0.05, 0) is 17.7 Å². The van der Waals surface area contributed by atoms with E-state index in [1.54, 1.807) is 14.2 Å². The lowest BCUT2D eigenvalue weighted by Crippen LogP contribution is -2.33. The van der Waals surface area contributed by atoms with Gasteiger partial charge in [0, 0.05) is 24.9 Å². The van der Waals surface area contributed by atoms with Crippen LogP contribution in [0.4, 0.5) is 0 Å². The van der Waals surface area contributed by atoms with Crippen LogP contribution in [0, 0.1) is 11.3 Å². The van der Waals surface area contributed by atoms with E-state index < -0.39 is 0 Å². The summed E-state index contributed by atoms with van der Waals surface area (Å²) in [6.07, 6.45) is 0.530. The highest BCUT2D eigenvalue weighted by Gasteiger charge is 2.21. The minimum Gasteiger partial charge on any atom is -0.493 e. The first kappa shape index (κ1) is 15.3. The van der Waals surface area contributed by atoms with Gasteiger partial charge in [0.2, 0.25) is 0 Å². The number of methoxy groups -OCH3 is 2. The fourth-order valence-corrected chi connectivity index (χ4v) is 1.90. The van der Waals surface area contributed by atoms with E-state index in [1.165, 1.54) is 5.56 Å². The van der Waals surface area contributed by atoms with Gasteiger partial charge in [0.15, 0.2) is 11.5 Å². The lowest BCUT2D eigenvalue weighted by molar-refractivity contribution is 0.353. The van der Waals surface area contributed by atoms with Gasteiger partial charge in [-0.15, -0.1) is 0 Å². The van der Waals surface area contributed by atoms with Crippen molar-refractivity contribution in [2.75, 3.05) is 27.3 Å². The zero-order valence-electron chi connectivity index (χ0n) is 12.1. The normalized spacial score (nSPS) is 10.9. The van der Waals surface area contributed by atoms with Gasteiger partial charge in [0.1, 0.15) is 0 Å². The maximum absolute atomic E-state index is 8.52. The number of nitrogens with zero attached hydrogens (tertiary/aromatic N) is 1. The fraction of sp³-hybridized carbons (Fsp3) is 0.533. The third-order valence-corrected chi connectivity index (χ3v) is 3.15. The van der Waals surface area contributed by atoms with E-state index in [1.807, 2.05) is 18.2 Å². The monoisotopic (exact) mass is 262 g/mol. The van der Waals surface area contributed by atoms with Crippen LogP contribution in [-0.4, -0.2) is 27.3 Å². The van der Waals surface area contributed by atoms with Crippen molar-refractivity contribution in [2.24, 2.45) is 0 Å². The summed E-state index contributed by atoms with van der Waals surface area (Å²) in [4.78, 5) is 0. The molecule has 0 fully saturated rings. The zero-order chi connectivity index (χ0) is 14.3. The van der Waals surface area contributed by atoms with Crippen LogP contribution in [0.3, 0.4) is 0 Å². The molecule has 0 aliphatic heterocycles. The molecular weight excluding hydrogens is 240 g/mol. The van der Waals surface area contributed by atoms with E-state index in [9.17, 15) is 0 Å². The molecule has 19 heavy (non-hydrogen) atoms. The van der Waals surface area contributed by atoms with Crippen molar-refractivity contribution >= 4 is 0 Å². The summed E-state index contributed by atoms with van der Waals surface area (Å²) in [6, 6.07) is 8.10. The molecule has 1 aromatic carbocycles. The van der Waals surface area contributed by atoms with Crippen LogP contribution in [0.5, 0.6) is 11.5 Å². The number of hydrogen-bond acceptors (Lipinski definition) is 4. The van der Waals surface area contributed by atoms with E-state index >= 15 is 0 Å². The van der Waals surface area contributed by atoms with Crippen molar-refractivity contribution in [1.82, 2.24) is 5.32 Å². The van der Waals surface area contributed by atoms with E-state index in [0.29, 0.717) is 13.0 Å². The number of nitriles is 1. The van der Waals surface area contributed by atoms with E-state index in [4.69, 9.17) is 14.7 Å². The molecule has 1 aromatic rings. The Morgan fingerprint density at radius 3 is 2.47 bits per heavy atom. The number of ether oxygens (including phenoxy) is 2. The molecule has 0 bridgehead atoms. The van der Waals surface area contributed by atoms with Gasteiger partial charge in [-0.2, -0.15) is 5.26 Å². The summed E-state index contributed by atoms with van der Waals surface area (Å²) >= 11 is 0. The molecule has 0 aliphatic rings. The summed E-state index contributed by atoms with van der Waals surface area (Å²) in [5.74, 6) is 1.48. The topological polar surface area (TPSA) is 54.3 Å². The third-order valence-electron chi connectivity index (χ3n) is 3.15. The predicted octanol–water partition coefficient (Wildman–Crippen LogP) is 2.48. The second-order valence-electron chi connectivity index (χ2n) is 5.04. The zero-order valence-corrected chi connectivity index (χ0v) is 12.1. The lowest BCUT2D eigenvalue weighted by Gasteiger charge is -2.26. The van der Waals surface area contributed by atoms with Crippen LogP contribution < -0.4 is 14.8 Å². The Labute approximate surface area is 115 Å². The summed E-state index contributed by atoms with van der Waals surface area (Å²) in [6.45, 7) is 5.85. The van der Waals surface area contributed by atoms with Gasteiger partial charge < -0.3 is 14.8 Å². The average molecular weight is 262 g/mol. The molecule has 4 nitrogen and oxygen atoms in total. The van der Waals surface area contributed by atoms with Crippen molar-refractivity contribution in [2.45, 2.75) is 25.7 Å². The molecule has 1 rings (SSSR count). The first-order valence-electron chi connectivity index (χ1n) is 6.35. The third kappa shape index (κ3) is 4.15. The second kappa shape index (κ2) is 7.01. The maximum atomic E-state index is 8.52. The molecule has 104 valence electrons. The summed E-state index contributed by atoms with van der Waals surface area (Å²) in [5.41, 5.74) is 1.14. The summed E-state index contributed by atoms with van der Waals surface area (Å²) in [7, 11) is 3.27. The Hall–Kier alpha value is -1.73. The molecule has 0 amide bonds. The van der Waals surface area contributed by atoms with Crippen molar-refractivity contribution < 1.29 is 9.47 Å². The Morgan fingerprint density at radius 2 is 1.89 bits per heavy atom. The molecule has 0 saturated heterocycles. The Balaban J connectivity index is 2.80. The van der Waals surface area contributed by atoms with Gasteiger partial charge in [-0.3, -0.25) is 0 Å². The second-order valence-corrected chi connectivity index (χ2v) is 5.04. The Morgan fingerprint density at radius 1 is 1.21 bits per heavy atom. The summed E-state index contributed by atoms with van der Waals surface area (Å²) < 4.78 is 10.6. The molecule has 0 heterocycles. The van der Waals surface area contributed by atoms with Crippen LogP contribution in [0.25, 0.3) is 0 Å². The standard InChI is InChI=1S/C15H22N2O2/c1-15(2,11-17-9-5-8-16)12-6-7-13(18-3)14(10-12)19-4/h6-7,10,17H,5,9,11H2,1-4H3. The average Bonchev–Trinajstić information content (AvgIpc) is 2.42. The Kier molecular flexibility index (Phi) is 5.65. The maximum Gasteiger partial charge on any atom is 0.161 e. The van der Waals surface area contributed by atoms with E-state index in [-0.39, 0.29) is 5.41 Å². The van der Waals surface area contributed by atoms with Crippen molar-refractivity contribution in [3.05, 3.63) is 23.8 Å². The molecule has 0 radical (unpaired) electrons. The molecule has 0 aromatic heterocycles. The molecule has 0 spiro atoms. The number of hydrogen-bond donors (Lipinski definition) is 1. The first-order valence-corrected chi connectivity index (χ1v) is 6.35. The van der Waals surface area contributed by atoms with Crippen LogP contribution in [0.1, 0.15) is 25.8 Å². The van der Waals surface area contributed by atoms with Crippen molar-refractivity contribution in [1.29, 1.82) is 5.26 Å². The predicted molar refractivity (Wildman–Crippen MR) is 75.7 cm³/mol. The van der Waals surface area contributed by atoms with Crippen LogP contribution in [0.15, 0.2) is 18.2 Å². The fourth-order valence-electron chi connectivity index (χ4n) is 1.90. The molecule has 0 aliphatic carbocycles. The van der Waals surface area contributed by atoms with Crippen LogP contribution in [0.2, 0.25) is 0 Å². The highest BCUT2D eigenvalue weighted by Crippen LogP contribution is 2.32. The molecular formula is C15H22N2O2. The molecule has 1 N–H and O–H groups in total. The minimum absolute atomic E-state index is 0.0327. The van der Waals surface area contributed by atoms with Crippen molar-refractivity contribution in [3.8, 4) is 17.6 Å². The number of benzene rings is 1. The molecule has 0 saturated carbocycles. The highest BCUT2D eigenvalue weighted by molar-refractivity contribution is 5.45. The Bertz CT molecular complexity index is 450. The largest absolute Gasteiger partial charge is 0.493 e. The highest BCUT2D eigenvalue weighted by atomic mass is 16.5. The van der Waals surface area contributed by atoms with Gasteiger partial charge in [-0.25, -0.2) is 0 Å². The SMILES string of the molecule is COc1ccc(C(C)(C)CNCCC#N)cc1OC. The van der Waals surface area contributed by atoms with E-state index in [2.05, 4.69) is 25.2 Å². The van der Waals surface area contributed by atoms with Gasteiger partial charge in [0.05, 0.1) is 20.3 Å². The van der Waals surface area contributed by atoms with E-state index in [0.717, 1.165) is 18.0 Å².